The number of hydrogen-bond donors (Lipinski definition) is 1. The maximum absolute atomic E-state index is 13.6. The number of rotatable bonds is 6. The molecular formula is C28H23F4N3O5. The summed E-state index contributed by atoms with van der Waals surface area (Å²) >= 11 is 0. The van der Waals surface area contributed by atoms with Gasteiger partial charge in [0.2, 0.25) is 17.1 Å². The Labute approximate surface area is 225 Å². The second-order valence-corrected chi connectivity index (χ2v) is 9.77. The van der Waals surface area contributed by atoms with Gasteiger partial charge in [-0.1, -0.05) is 30.3 Å². The fourth-order valence-electron chi connectivity index (χ4n) is 5.05. The molecule has 8 nitrogen and oxygen atoms in total. The van der Waals surface area contributed by atoms with Crippen molar-refractivity contribution in [1.29, 1.82) is 0 Å². The standard InChI is InChI=1S/C28H23F4N3O5/c1-16(28(30,31)32)34(14-17-2-6-21(29)7-3-17)24(37)15-35-25(38)27(40-26(35)39)11-10-19-12-18(4-8-22(19)27)20-5-9-23(36)33-13-20/h2-9,12-13,16H,10-11,14-15H2,1H3,(H,33,36)/t16-,27-/m0/s1. The molecule has 3 amide bonds. The van der Waals surface area contributed by atoms with Crippen molar-refractivity contribution in [3.8, 4) is 11.1 Å². The van der Waals surface area contributed by atoms with Crippen LogP contribution >= 0.6 is 0 Å². The van der Waals surface area contributed by atoms with Crippen molar-refractivity contribution in [1.82, 2.24) is 14.8 Å². The summed E-state index contributed by atoms with van der Waals surface area (Å²) in [6, 6.07) is 10.5. The van der Waals surface area contributed by atoms with Crippen LogP contribution in [0.1, 0.15) is 30.0 Å². The van der Waals surface area contributed by atoms with Gasteiger partial charge in [0.25, 0.3) is 5.91 Å². The number of halogens is 4. The van der Waals surface area contributed by atoms with Crippen LogP contribution in [0.4, 0.5) is 22.4 Å². The molecule has 0 unspecified atom stereocenters. The molecule has 2 heterocycles. The molecule has 1 aromatic heterocycles. The molecule has 1 saturated heterocycles. The van der Waals surface area contributed by atoms with Crippen LogP contribution in [0, 0.1) is 5.82 Å². The minimum absolute atomic E-state index is 0.102. The Morgan fingerprint density at radius 3 is 2.42 bits per heavy atom. The van der Waals surface area contributed by atoms with Crippen LogP contribution in [-0.4, -0.2) is 51.5 Å². The first-order valence-corrected chi connectivity index (χ1v) is 12.4. The van der Waals surface area contributed by atoms with Crippen LogP contribution in [-0.2, 0) is 32.9 Å². The molecule has 0 radical (unpaired) electrons. The SMILES string of the molecule is C[C@H](N(Cc1ccc(F)cc1)C(=O)CN1C(=O)O[C@]2(CCc3cc(-c4ccc(=O)[nH]c4)ccc32)C1=O)C(F)(F)F. The number of aryl methyl sites for hydroxylation is 1. The monoisotopic (exact) mass is 557 g/mol. The van der Waals surface area contributed by atoms with Crippen molar-refractivity contribution in [2.24, 2.45) is 0 Å². The Bertz CT molecular complexity index is 1530. The number of nitrogens with one attached hydrogen (secondary N) is 1. The highest BCUT2D eigenvalue weighted by atomic mass is 19.4. The van der Waals surface area contributed by atoms with Gasteiger partial charge in [-0.15, -0.1) is 0 Å². The lowest BCUT2D eigenvalue weighted by atomic mass is 9.93. The van der Waals surface area contributed by atoms with Gasteiger partial charge < -0.3 is 14.6 Å². The number of nitrogens with zero attached hydrogens (tertiary/aromatic N) is 2. The number of alkyl halides is 3. The summed E-state index contributed by atoms with van der Waals surface area (Å²) in [7, 11) is 0. The zero-order chi connectivity index (χ0) is 28.8. The third-order valence-electron chi connectivity index (χ3n) is 7.30. The normalized spacial score (nSPS) is 19.1. The van der Waals surface area contributed by atoms with Gasteiger partial charge >= 0.3 is 12.3 Å². The molecule has 2 aromatic carbocycles. The highest BCUT2D eigenvalue weighted by molar-refractivity contribution is 6.06. The van der Waals surface area contributed by atoms with E-state index in [0.717, 1.165) is 35.7 Å². The van der Waals surface area contributed by atoms with Gasteiger partial charge in [0.1, 0.15) is 18.4 Å². The van der Waals surface area contributed by atoms with Crippen molar-refractivity contribution in [3.05, 3.63) is 93.7 Å². The Kier molecular flexibility index (Phi) is 6.72. The average molecular weight is 558 g/mol. The van der Waals surface area contributed by atoms with E-state index in [9.17, 15) is 36.7 Å². The molecule has 1 N–H and O–H groups in total. The van der Waals surface area contributed by atoms with E-state index in [0.29, 0.717) is 21.8 Å². The molecule has 2 atom stereocenters. The summed E-state index contributed by atoms with van der Waals surface area (Å²) < 4.78 is 59.7. The lowest BCUT2D eigenvalue weighted by molar-refractivity contribution is -0.187. The van der Waals surface area contributed by atoms with Crippen molar-refractivity contribution in [2.75, 3.05) is 6.54 Å². The van der Waals surface area contributed by atoms with E-state index in [2.05, 4.69) is 4.98 Å². The van der Waals surface area contributed by atoms with Gasteiger partial charge in [-0.05, 0) is 53.8 Å². The number of hydrogen-bond acceptors (Lipinski definition) is 5. The molecule has 12 heteroatoms. The zero-order valence-corrected chi connectivity index (χ0v) is 21.1. The smallest absolute Gasteiger partial charge is 0.418 e. The quantitative estimate of drug-likeness (QED) is 0.456. The molecule has 0 bridgehead atoms. The molecular weight excluding hydrogens is 534 g/mol. The molecule has 1 spiro atoms. The number of carbonyl (C=O) groups is 3. The number of pyridine rings is 1. The highest BCUT2D eigenvalue weighted by Gasteiger charge is 2.58. The number of carbonyl (C=O) groups excluding carboxylic acids is 3. The molecule has 40 heavy (non-hydrogen) atoms. The van der Waals surface area contributed by atoms with Gasteiger partial charge in [-0.2, -0.15) is 13.2 Å². The third-order valence-corrected chi connectivity index (χ3v) is 7.30. The summed E-state index contributed by atoms with van der Waals surface area (Å²) in [6.45, 7) is -0.676. The number of aromatic nitrogens is 1. The van der Waals surface area contributed by atoms with Gasteiger partial charge in [-0.3, -0.25) is 14.4 Å². The molecule has 1 fully saturated rings. The molecule has 208 valence electrons. The first-order chi connectivity index (χ1) is 18.9. The average Bonchev–Trinajstić information content (AvgIpc) is 3.39. The molecule has 3 aromatic rings. The minimum Gasteiger partial charge on any atom is -0.427 e. The van der Waals surface area contributed by atoms with E-state index < -0.39 is 54.6 Å². The molecule has 1 aliphatic carbocycles. The summed E-state index contributed by atoms with van der Waals surface area (Å²) in [5.74, 6) is -2.55. The largest absolute Gasteiger partial charge is 0.427 e. The lowest BCUT2D eigenvalue weighted by Gasteiger charge is -2.31. The van der Waals surface area contributed by atoms with E-state index in [-0.39, 0.29) is 17.5 Å². The van der Waals surface area contributed by atoms with Crippen molar-refractivity contribution >= 4 is 17.9 Å². The second-order valence-electron chi connectivity index (χ2n) is 9.77. The van der Waals surface area contributed by atoms with E-state index in [1.54, 1.807) is 24.4 Å². The molecule has 0 saturated carbocycles. The van der Waals surface area contributed by atoms with Gasteiger partial charge in [0.15, 0.2) is 0 Å². The maximum Gasteiger partial charge on any atom is 0.418 e. The number of fused-ring (bicyclic) bond motifs is 2. The molecule has 1 aliphatic heterocycles. The van der Waals surface area contributed by atoms with Crippen LogP contribution < -0.4 is 5.56 Å². The van der Waals surface area contributed by atoms with Crippen molar-refractivity contribution < 1.29 is 36.7 Å². The lowest BCUT2D eigenvalue weighted by Crippen LogP contribution is -2.51. The predicted octanol–water partition coefficient (Wildman–Crippen LogP) is 4.28. The first kappa shape index (κ1) is 27.1. The number of imide groups is 1. The van der Waals surface area contributed by atoms with Crippen LogP contribution in [0.2, 0.25) is 0 Å². The number of H-pyrrole nitrogens is 1. The van der Waals surface area contributed by atoms with E-state index >= 15 is 0 Å². The Hall–Kier alpha value is -4.48. The topological polar surface area (TPSA) is 99.8 Å². The van der Waals surface area contributed by atoms with Crippen molar-refractivity contribution in [2.45, 2.75) is 44.1 Å². The fraction of sp³-hybridized carbons (Fsp3) is 0.286. The van der Waals surface area contributed by atoms with E-state index in [1.807, 2.05) is 6.07 Å². The Morgan fingerprint density at radius 1 is 1.07 bits per heavy atom. The van der Waals surface area contributed by atoms with E-state index in [1.165, 1.54) is 18.2 Å². The second kappa shape index (κ2) is 9.92. The number of ether oxygens (including phenoxy) is 1. The fourth-order valence-corrected chi connectivity index (χ4v) is 5.05. The van der Waals surface area contributed by atoms with Gasteiger partial charge in [0.05, 0.1) is 0 Å². The molecule has 5 rings (SSSR count). The van der Waals surface area contributed by atoms with Crippen LogP contribution in [0.3, 0.4) is 0 Å². The maximum atomic E-state index is 13.6. The summed E-state index contributed by atoms with van der Waals surface area (Å²) in [5.41, 5.74) is 0.929. The minimum atomic E-state index is -4.79. The van der Waals surface area contributed by atoms with Gasteiger partial charge in [-0.25, -0.2) is 14.1 Å². The number of aromatic amines is 1. The highest BCUT2D eigenvalue weighted by Crippen LogP contribution is 2.46. The number of amides is 3. The van der Waals surface area contributed by atoms with Crippen LogP contribution in [0.15, 0.2) is 65.6 Å². The first-order valence-electron chi connectivity index (χ1n) is 12.4. The predicted molar refractivity (Wildman–Crippen MR) is 133 cm³/mol. The summed E-state index contributed by atoms with van der Waals surface area (Å²) in [6.07, 6.45) is -3.90. The Morgan fingerprint density at radius 2 is 1.77 bits per heavy atom. The summed E-state index contributed by atoms with van der Waals surface area (Å²) in [5, 5.41) is 0. The Balaban J connectivity index is 1.39. The van der Waals surface area contributed by atoms with E-state index in [4.69, 9.17) is 4.74 Å². The van der Waals surface area contributed by atoms with Crippen molar-refractivity contribution in [3.63, 3.8) is 0 Å². The van der Waals surface area contributed by atoms with Crippen LogP contribution in [0.25, 0.3) is 11.1 Å². The summed E-state index contributed by atoms with van der Waals surface area (Å²) in [4.78, 5) is 54.5. The zero-order valence-electron chi connectivity index (χ0n) is 21.1. The van der Waals surface area contributed by atoms with Gasteiger partial charge in [0, 0.05) is 30.8 Å². The van der Waals surface area contributed by atoms with Crippen LogP contribution in [0.5, 0.6) is 0 Å². The third kappa shape index (κ3) is 4.85. The number of benzene rings is 2. The molecule has 2 aliphatic rings.